The van der Waals surface area contributed by atoms with Crippen molar-refractivity contribution in [3.63, 3.8) is 0 Å². The number of hydrogen-bond acceptors (Lipinski definition) is 6. The number of hydrogen-bond donors (Lipinski definition) is 1. The van der Waals surface area contributed by atoms with E-state index in [9.17, 15) is 4.79 Å². The van der Waals surface area contributed by atoms with Crippen LogP contribution in [-0.4, -0.2) is 15.9 Å². The van der Waals surface area contributed by atoms with Gasteiger partial charge in [0, 0.05) is 16.5 Å². The number of benzene rings is 1. The summed E-state index contributed by atoms with van der Waals surface area (Å²) in [7, 11) is 0. The van der Waals surface area contributed by atoms with Crippen molar-refractivity contribution in [2.45, 2.75) is 26.9 Å². The fourth-order valence-electron chi connectivity index (χ4n) is 2.02. The molecule has 24 heavy (non-hydrogen) atoms. The highest BCUT2D eigenvalue weighted by Crippen LogP contribution is 2.18. The van der Waals surface area contributed by atoms with Crippen molar-refractivity contribution in [3.8, 4) is 5.75 Å². The fraction of sp³-hybridized carbons (Fsp3) is 0.235. The largest absolute Gasteiger partial charge is 0.486 e. The summed E-state index contributed by atoms with van der Waals surface area (Å²) in [6, 6.07) is 7.89. The Bertz CT molecular complexity index is 824. The van der Waals surface area contributed by atoms with Crippen LogP contribution in [0.15, 0.2) is 35.8 Å². The standard InChI is InChI=1S/C17H17N3O2S2/c1-11-3-5-14(6-4-11)22-9-16-19-13(10-23-16)7-15(21)20-17-18-8-12(2)24-17/h3-6,8,10H,7,9H2,1-2H3,(H,18,20,21). The van der Waals surface area contributed by atoms with Gasteiger partial charge in [0.05, 0.1) is 12.1 Å². The summed E-state index contributed by atoms with van der Waals surface area (Å²) < 4.78 is 5.70. The van der Waals surface area contributed by atoms with Gasteiger partial charge in [-0.05, 0) is 26.0 Å². The molecule has 7 heteroatoms. The van der Waals surface area contributed by atoms with Gasteiger partial charge in [0.1, 0.15) is 17.4 Å². The van der Waals surface area contributed by atoms with Gasteiger partial charge in [-0.3, -0.25) is 4.79 Å². The lowest BCUT2D eigenvalue weighted by Crippen LogP contribution is -2.14. The van der Waals surface area contributed by atoms with Crippen LogP contribution in [0, 0.1) is 13.8 Å². The van der Waals surface area contributed by atoms with Crippen LogP contribution in [0.3, 0.4) is 0 Å². The van der Waals surface area contributed by atoms with Crippen molar-refractivity contribution in [1.82, 2.24) is 9.97 Å². The highest BCUT2D eigenvalue weighted by atomic mass is 32.1. The monoisotopic (exact) mass is 359 g/mol. The molecule has 0 atom stereocenters. The van der Waals surface area contributed by atoms with Crippen LogP contribution in [0.5, 0.6) is 5.75 Å². The first-order chi connectivity index (χ1) is 11.6. The second-order valence-electron chi connectivity index (χ2n) is 5.34. The Morgan fingerprint density at radius 3 is 2.75 bits per heavy atom. The van der Waals surface area contributed by atoms with Crippen LogP contribution in [0.4, 0.5) is 5.13 Å². The van der Waals surface area contributed by atoms with E-state index in [0.29, 0.717) is 11.7 Å². The highest BCUT2D eigenvalue weighted by molar-refractivity contribution is 7.15. The van der Waals surface area contributed by atoms with Crippen molar-refractivity contribution < 1.29 is 9.53 Å². The number of aromatic nitrogens is 2. The van der Waals surface area contributed by atoms with Crippen LogP contribution in [0.1, 0.15) is 21.1 Å². The summed E-state index contributed by atoms with van der Waals surface area (Å²) in [6.45, 7) is 4.39. The molecule has 0 aliphatic rings. The van der Waals surface area contributed by atoms with Gasteiger partial charge in [-0.25, -0.2) is 9.97 Å². The minimum Gasteiger partial charge on any atom is -0.486 e. The molecule has 0 fully saturated rings. The fourth-order valence-corrected chi connectivity index (χ4v) is 3.40. The lowest BCUT2D eigenvalue weighted by atomic mass is 10.2. The number of nitrogens with zero attached hydrogens (tertiary/aromatic N) is 2. The van der Waals surface area contributed by atoms with Gasteiger partial charge < -0.3 is 10.1 Å². The quantitative estimate of drug-likeness (QED) is 0.723. The third-order valence-electron chi connectivity index (χ3n) is 3.19. The number of amides is 1. The highest BCUT2D eigenvalue weighted by Gasteiger charge is 2.10. The first-order valence-corrected chi connectivity index (χ1v) is 9.13. The zero-order valence-electron chi connectivity index (χ0n) is 13.4. The Kier molecular flexibility index (Phi) is 5.22. The lowest BCUT2D eigenvalue weighted by molar-refractivity contribution is -0.115. The SMILES string of the molecule is Cc1ccc(OCc2nc(CC(=O)Nc3ncc(C)s3)cs2)cc1. The van der Waals surface area contributed by atoms with E-state index in [1.54, 1.807) is 6.20 Å². The molecule has 2 aromatic heterocycles. The second kappa shape index (κ2) is 7.55. The van der Waals surface area contributed by atoms with Gasteiger partial charge in [0.15, 0.2) is 5.13 Å². The van der Waals surface area contributed by atoms with Crippen molar-refractivity contribution in [3.05, 3.63) is 57.0 Å². The Balaban J connectivity index is 1.51. The molecule has 0 radical (unpaired) electrons. The van der Waals surface area contributed by atoms with Crippen molar-refractivity contribution in [2.24, 2.45) is 0 Å². The topological polar surface area (TPSA) is 64.1 Å². The van der Waals surface area contributed by atoms with E-state index in [-0.39, 0.29) is 12.3 Å². The zero-order chi connectivity index (χ0) is 16.9. The molecular formula is C17H17N3O2S2. The maximum absolute atomic E-state index is 12.0. The molecule has 0 spiro atoms. The normalized spacial score (nSPS) is 10.6. The summed E-state index contributed by atoms with van der Waals surface area (Å²) in [5, 5.41) is 6.15. The number of rotatable bonds is 6. The molecular weight excluding hydrogens is 342 g/mol. The Morgan fingerprint density at radius 2 is 2.04 bits per heavy atom. The number of carbonyl (C=O) groups excluding carboxylic acids is 1. The zero-order valence-corrected chi connectivity index (χ0v) is 15.0. The van der Waals surface area contributed by atoms with Crippen LogP contribution >= 0.6 is 22.7 Å². The number of thiazole rings is 2. The van der Waals surface area contributed by atoms with E-state index in [1.165, 1.54) is 28.2 Å². The number of aryl methyl sites for hydroxylation is 2. The smallest absolute Gasteiger partial charge is 0.232 e. The number of ether oxygens (including phenoxy) is 1. The van der Waals surface area contributed by atoms with E-state index < -0.39 is 0 Å². The van der Waals surface area contributed by atoms with Crippen molar-refractivity contribution in [1.29, 1.82) is 0 Å². The number of nitrogens with one attached hydrogen (secondary N) is 1. The summed E-state index contributed by atoms with van der Waals surface area (Å²) in [5.74, 6) is 0.704. The molecule has 0 bridgehead atoms. The molecule has 5 nitrogen and oxygen atoms in total. The third kappa shape index (κ3) is 4.62. The maximum atomic E-state index is 12.0. The third-order valence-corrected chi connectivity index (χ3v) is 4.89. The van der Waals surface area contributed by atoms with Gasteiger partial charge in [-0.15, -0.1) is 22.7 Å². The van der Waals surface area contributed by atoms with Crippen molar-refractivity contribution in [2.75, 3.05) is 5.32 Å². The van der Waals surface area contributed by atoms with Gasteiger partial charge in [-0.1, -0.05) is 17.7 Å². The molecule has 2 heterocycles. The molecule has 0 saturated heterocycles. The molecule has 0 saturated carbocycles. The first kappa shape index (κ1) is 16.6. The van der Waals surface area contributed by atoms with Gasteiger partial charge >= 0.3 is 0 Å². The Hall–Kier alpha value is -2.25. The minimum atomic E-state index is -0.111. The van der Waals surface area contributed by atoms with Gasteiger partial charge in [-0.2, -0.15) is 0 Å². The van der Waals surface area contributed by atoms with Crippen LogP contribution < -0.4 is 10.1 Å². The molecule has 0 aliphatic heterocycles. The summed E-state index contributed by atoms with van der Waals surface area (Å²) in [6.07, 6.45) is 1.98. The molecule has 3 rings (SSSR count). The average molecular weight is 359 g/mol. The average Bonchev–Trinajstić information content (AvgIpc) is 3.16. The van der Waals surface area contributed by atoms with Crippen molar-refractivity contribution >= 4 is 33.7 Å². The van der Waals surface area contributed by atoms with E-state index >= 15 is 0 Å². The Morgan fingerprint density at radius 1 is 1.25 bits per heavy atom. The van der Waals surface area contributed by atoms with Gasteiger partial charge in [0.25, 0.3) is 0 Å². The van der Waals surface area contributed by atoms with E-state index in [0.717, 1.165) is 21.3 Å². The van der Waals surface area contributed by atoms with E-state index in [2.05, 4.69) is 15.3 Å². The summed E-state index contributed by atoms with van der Waals surface area (Å²) >= 11 is 2.95. The minimum absolute atomic E-state index is 0.111. The predicted octanol–water partition coefficient (Wildman–Crippen LogP) is 3.98. The molecule has 124 valence electrons. The van der Waals surface area contributed by atoms with Gasteiger partial charge in [0.2, 0.25) is 5.91 Å². The number of carbonyl (C=O) groups is 1. The van der Waals surface area contributed by atoms with E-state index in [1.807, 2.05) is 43.5 Å². The van der Waals surface area contributed by atoms with Crippen LogP contribution in [0.2, 0.25) is 0 Å². The van der Waals surface area contributed by atoms with Crippen LogP contribution in [0.25, 0.3) is 0 Å². The second-order valence-corrected chi connectivity index (χ2v) is 7.51. The summed E-state index contributed by atoms with van der Waals surface area (Å²) in [4.78, 5) is 21.6. The molecule has 1 aromatic carbocycles. The first-order valence-electron chi connectivity index (χ1n) is 7.43. The molecule has 1 N–H and O–H groups in total. The molecule has 0 unspecified atom stereocenters. The lowest BCUT2D eigenvalue weighted by Gasteiger charge is -2.03. The molecule has 3 aromatic rings. The maximum Gasteiger partial charge on any atom is 0.232 e. The van der Waals surface area contributed by atoms with Crippen LogP contribution in [-0.2, 0) is 17.8 Å². The molecule has 1 amide bonds. The number of anilines is 1. The molecule has 0 aliphatic carbocycles. The van der Waals surface area contributed by atoms with E-state index in [4.69, 9.17) is 4.74 Å². The predicted molar refractivity (Wildman–Crippen MR) is 96.8 cm³/mol. The summed E-state index contributed by atoms with van der Waals surface area (Å²) in [5.41, 5.74) is 1.94. The Labute approximate surface area is 148 Å².